The molecule has 4 heteroatoms. The Kier molecular flexibility index (Phi) is 4.98. The average Bonchev–Trinajstić information content (AvgIpc) is 2.97. The number of hydrogen-bond acceptors (Lipinski definition) is 3. The summed E-state index contributed by atoms with van der Waals surface area (Å²) >= 11 is 0. The number of carbonyl (C=O) groups excluding carboxylic acids is 1. The number of carbonyl (C=O) groups is 1. The molecule has 2 N–H and O–H groups in total. The first-order chi connectivity index (χ1) is 10.1. The van der Waals surface area contributed by atoms with Crippen LogP contribution in [0.1, 0.15) is 44.7 Å². The molecule has 21 heavy (non-hydrogen) atoms. The summed E-state index contributed by atoms with van der Waals surface area (Å²) in [5, 5.41) is 9.34. The third kappa shape index (κ3) is 3.08. The maximum atomic E-state index is 12.7. The van der Waals surface area contributed by atoms with Crippen LogP contribution in [-0.2, 0) is 4.79 Å². The zero-order valence-electron chi connectivity index (χ0n) is 12.7. The van der Waals surface area contributed by atoms with Gasteiger partial charge in [0.05, 0.1) is 18.2 Å². The van der Waals surface area contributed by atoms with E-state index in [1.165, 1.54) is 0 Å². The molecule has 4 nitrogen and oxygen atoms in total. The van der Waals surface area contributed by atoms with Gasteiger partial charge in [-0.3, -0.25) is 4.79 Å². The molecule has 4 atom stereocenters. The molecular weight excluding hydrogens is 262 g/mol. The molecule has 1 heterocycles. The summed E-state index contributed by atoms with van der Waals surface area (Å²) in [6, 6.07) is 11.2. The number of nitrogens with zero attached hydrogens (tertiary/aromatic N) is 2. The van der Waals surface area contributed by atoms with E-state index in [-0.39, 0.29) is 23.9 Å². The molecule has 1 aromatic carbocycles. The molecule has 1 aromatic rings. The lowest BCUT2D eigenvalue weighted by Crippen LogP contribution is -2.49. The summed E-state index contributed by atoms with van der Waals surface area (Å²) < 4.78 is 0. The molecule has 1 aliphatic heterocycles. The van der Waals surface area contributed by atoms with Gasteiger partial charge in [0, 0.05) is 0 Å². The quantitative estimate of drug-likeness (QED) is 0.924. The zero-order chi connectivity index (χ0) is 15.4. The number of hydrogen-bond donors (Lipinski definition) is 1. The lowest BCUT2D eigenvalue weighted by Gasteiger charge is -2.31. The number of rotatable bonds is 4. The third-order valence-corrected chi connectivity index (χ3v) is 4.52. The maximum Gasteiger partial charge on any atom is 0.241 e. The standard InChI is InChI=1S/C17H23N3O/c1-3-12(2)16(19)17(21)20-14(11-18)9-10-15(20)13-7-5-4-6-8-13/h4-8,12,14-16H,3,9-10,19H2,1-2H3/t12?,14-,15-,16+/m0/s1. The molecule has 112 valence electrons. The van der Waals surface area contributed by atoms with E-state index in [9.17, 15) is 10.1 Å². The highest BCUT2D eigenvalue weighted by Gasteiger charge is 2.40. The third-order valence-electron chi connectivity index (χ3n) is 4.52. The Morgan fingerprint density at radius 3 is 2.67 bits per heavy atom. The van der Waals surface area contributed by atoms with Gasteiger partial charge in [0.15, 0.2) is 0 Å². The van der Waals surface area contributed by atoms with Crippen molar-refractivity contribution in [1.82, 2.24) is 4.90 Å². The SMILES string of the molecule is CCC(C)[C@@H](N)C(=O)N1[C@H](C#N)CC[C@H]1c1ccccc1. The van der Waals surface area contributed by atoms with Gasteiger partial charge in [-0.15, -0.1) is 0 Å². The van der Waals surface area contributed by atoms with Crippen molar-refractivity contribution in [2.24, 2.45) is 11.7 Å². The van der Waals surface area contributed by atoms with E-state index in [1.54, 1.807) is 4.90 Å². The maximum absolute atomic E-state index is 12.7. The first-order valence-electron chi connectivity index (χ1n) is 7.62. The van der Waals surface area contributed by atoms with Gasteiger partial charge >= 0.3 is 0 Å². The Hall–Kier alpha value is -1.86. The summed E-state index contributed by atoms with van der Waals surface area (Å²) in [5.74, 6) is 0.0242. The minimum Gasteiger partial charge on any atom is -0.320 e. The minimum absolute atomic E-state index is 0.0292. The van der Waals surface area contributed by atoms with Crippen LogP contribution in [0.5, 0.6) is 0 Å². The number of benzene rings is 1. The Morgan fingerprint density at radius 2 is 2.10 bits per heavy atom. The van der Waals surface area contributed by atoms with Crippen molar-refractivity contribution in [3.8, 4) is 6.07 Å². The molecule has 0 aliphatic carbocycles. The Balaban J connectivity index is 2.27. The lowest BCUT2D eigenvalue weighted by atomic mass is 9.97. The van der Waals surface area contributed by atoms with Gasteiger partial charge < -0.3 is 10.6 Å². The van der Waals surface area contributed by atoms with E-state index in [0.29, 0.717) is 0 Å². The van der Waals surface area contributed by atoms with Gasteiger partial charge in [-0.1, -0.05) is 50.6 Å². The van der Waals surface area contributed by atoms with Crippen molar-refractivity contribution in [2.45, 2.75) is 51.2 Å². The highest BCUT2D eigenvalue weighted by molar-refractivity contribution is 5.83. The van der Waals surface area contributed by atoms with Crippen molar-refractivity contribution >= 4 is 5.91 Å². The Labute approximate surface area is 126 Å². The number of nitriles is 1. The van der Waals surface area contributed by atoms with Gasteiger partial charge in [0.2, 0.25) is 5.91 Å². The van der Waals surface area contributed by atoms with Gasteiger partial charge in [-0.05, 0) is 24.3 Å². The Bertz CT molecular complexity index is 523. The summed E-state index contributed by atoms with van der Waals surface area (Å²) in [6.07, 6.45) is 2.39. The van der Waals surface area contributed by atoms with E-state index in [4.69, 9.17) is 5.73 Å². The lowest BCUT2D eigenvalue weighted by molar-refractivity contribution is -0.135. The predicted octanol–water partition coefficient (Wildman–Crippen LogP) is 2.62. The molecule has 0 bridgehead atoms. The summed E-state index contributed by atoms with van der Waals surface area (Å²) in [5.41, 5.74) is 7.19. The second kappa shape index (κ2) is 6.73. The van der Waals surface area contributed by atoms with Crippen LogP contribution >= 0.6 is 0 Å². The number of likely N-dealkylation sites (tertiary alicyclic amines) is 1. The van der Waals surface area contributed by atoms with Crippen LogP contribution in [-0.4, -0.2) is 22.9 Å². The van der Waals surface area contributed by atoms with Gasteiger partial charge in [0.1, 0.15) is 6.04 Å². The molecule has 0 aromatic heterocycles. The van der Waals surface area contributed by atoms with Crippen molar-refractivity contribution < 1.29 is 4.79 Å². The van der Waals surface area contributed by atoms with E-state index in [2.05, 4.69) is 6.07 Å². The van der Waals surface area contributed by atoms with Crippen molar-refractivity contribution in [3.63, 3.8) is 0 Å². The highest BCUT2D eigenvalue weighted by atomic mass is 16.2. The zero-order valence-corrected chi connectivity index (χ0v) is 12.7. The Morgan fingerprint density at radius 1 is 1.43 bits per heavy atom. The number of amides is 1. The second-order valence-corrected chi connectivity index (χ2v) is 5.81. The van der Waals surface area contributed by atoms with Crippen LogP contribution in [0.25, 0.3) is 0 Å². The molecule has 1 amide bonds. The average molecular weight is 285 g/mol. The first-order valence-corrected chi connectivity index (χ1v) is 7.62. The number of nitrogens with two attached hydrogens (primary N) is 1. The fraction of sp³-hybridized carbons (Fsp3) is 0.529. The van der Waals surface area contributed by atoms with E-state index in [1.807, 2.05) is 44.2 Å². The molecule has 1 aliphatic rings. The molecule has 0 spiro atoms. The minimum atomic E-state index is -0.532. The molecule has 0 saturated carbocycles. The molecular formula is C17H23N3O. The van der Waals surface area contributed by atoms with Crippen molar-refractivity contribution in [1.29, 1.82) is 5.26 Å². The van der Waals surface area contributed by atoms with Crippen molar-refractivity contribution in [2.75, 3.05) is 0 Å². The molecule has 0 radical (unpaired) electrons. The molecule has 1 unspecified atom stereocenters. The van der Waals surface area contributed by atoms with Gasteiger partial charge in [-0.2, -0.15) is 5.26 Å². The summed E-state index contributed by atoms with van der Waals surface area (Å²) in [6.45, 7) is 4.01. The van der Waals surface area contributed by atoms with Crippen LogP contribution < -0.4 is 5.73 Å². The normalized spacial score (nSPS) is 24.4. The van der Waals surface area contributed by atoms with Gasteiger partial charge in [-0.25, -0.2) is 0 Å². The van der Waals surface area contributed by atoms with Crippen LogP contribution in [0.4, 0.5) is 0 Å². The molecule has 1 saturated heterocycles. The van der Waals surface area contributed by atoms with Crippen LogP contribution in [0, 0.1) is 17.2 Å². The molecule has 1 fully saturated rings. The van der Waals surface area contributed by atoms with Crippen LogP contribution in [0.3, 0.4) is 0 Å². The van der Waals surface area contributed by atoms with E-state index < -0.39 is 6.04 Å². The smallest absolute Gasteiger partial charge is 0.241 e. The van der Waals surface area contributed by atoms with Crippen molar-refractivity contribution in [3.05, 3.63) is 35.9 Å². The van der Waals surface area contributed by atoms with E-state index >= 15 is 0 Å². The summed E-state index contributed by atoms with van der Waals surface area (Å²) in [4.78, 5) is 14.5. The molecule has 2 rings (SSSR count). The van der Waals surface area contributed by atoms with E-state index in [0.717, 1.165) is 24.8 Å². The monoisotopic (exact) mass is 285 g/mol. The topological polar surface area (TPSA) is 70.1 Å². The predicted molar refractivity (Wildman–Crippen MR) is 82.1 cm³/mol. The largest absolute Gasteiger partial charge is 0.320 e. The van der Waals surface area contributed by atoms with Crippen LogP contribution in [0.15, 0.2) is 30.3 Å². The second-order valence-electron chi connectivity index (χ2n) is 5.81. The summed E-state index contributed by atoms with van der Waals surface area (Å²) in [7, 11) is 0. The fourth-order valence-electron chi connectivity index (χ4n) is 2.92. The van der Waals surface area contributed by atoms with Crippen LogP contribution in [0.2, 0.25) is 0 Å². The first kappa shape index (κ1) is 15.5. The fourth-order valence-corrected chi connectivity index (χ4v) is 2.92. The van der Waals surface area contributed by atoms with Gasteiger partial charge in [0.25, 0.3) is 0 Å². The highest BCUT2D eigenvalue weighted by Crippen LogP contribution is 2.36.